The van der Waals surface area contributed by atoms with Gasteiger partial charge in [0.2, 0.25) is 5.91 Å². The standard InChI is InChI=1S/C43H49ClN6O9S/c1-49(38(53)17-21-50-19-15-29(16-20-50)59-42(55)46-33-12-7-6-11-30(33)27-9-4-3-5-10-27)18-8-22-58-41(54)47-34-24-37(57-2)28(23-32(34)44)25-45-26-36(52)31-13-14-35(51)39-40(31)60-43(56)48-39/h3-7,9-14,23-24,29,36,45,51-52H,8,15-22,25-26H2,1-2H3,(H,46,55)(H,47,54)(H,48,56)/t36-/m0/s1. The van der Waals surface area contributed by atoms with E-state index in [9.17, 15) is 29.4 Å². The third-order valence-corrected chi connectivity index (χ3v) is 11.4. The Kier molecular flexibility index (Phi) is 15.4. The number of nitrogens with zero attached hydrogens (tertiary/aromatic N) is 2. The Balaban J connectivity index is 0.855. The monoisotopic (exact) mass is 860 g/mol. The fourth-order valence-electron chi connectivity index (χ4n) is 6.96. The number of rotatable bonds is 17. The second kappa shape index (κ2) is 21.0. The van der Waals surface area contributed by atoms with Gasteiger partial charge in [0.05, 0.1) is 40.9 Å². The molecule has 0 unspecified atom stereocenters. The SMILES string of the molecule is COc1cc(NC(=O)OCCCN(C)C(=O)CCN2CCC(OC(=O)Nc3ccccc3-c3ccccc3)CC2)c(Cl)cc1CNC[C@H](O)c1ccc(O)c2[nH]c(=O)sc12. The minimum Gasteiger partial charge on any atom is -0.506 e. The highest BCUT2D eigenvalue weighted by atomic mass is 35.5. The van der Waals surface area contributed by atoms with E-state index in [1.807, 2.05) is 54.6 Å². The number of aromatic nitrogens is 1. The van der Waals surface area contributed by atoms with Crippen LogP contribution >= 0.6 is 22.9 Å². The summed E-state index contributed by atoms with van der Waals surface area (Å²) in [6.45, 7) is 2.89. The Labute approximate surface area is 356 Å². The summed E-state index contributed by atoms with van der Waals surface area (Å²) >= 11 is 7.41. The van der Waals surface area contributed by atoms with Crippen LogP contribution in [0.1, 0.15) is 42.9 Å². The quantitative estimate of drug-likeness (QED) is 0.0530. The van der Waals surface area contributed by atoms with Crippen molar-refractivity contribution in [2.24, 2.45) is 0 Å². The number of aliphatic hydroxyl groups is 1. The van der Waals surface area contributed by atoms with E-state index in [0.29, 0.717) is 79.1 Å². The first-order chi connectivity index (χ1) is 29.0. The summed E-state index contributed by atoms with van der Waals surface area (Å²) in [6.07, 6.45) is -0.250. The van der Waals surface area contributed by atoms with Gasteiger partial charge in [-0.15, -0.1) is 0 Å². The van der Waals surface area contributed by atoms with Crippen LogP contribution in [0.3, 0.4) is 0 Å². The van der Waals surface area contributed by atoms with E-state index in [4.69, 9.17) is 25.8 Å². The van der Waals surface area contributed by atoms with Crippen LogP contribution in [-0.2, 0) is 20.8 Å². The van der Waals surface area contributed by atoms with Crippen molar-refractivity contribution in [3.63, 3.8) is 0 Å². The van der Waals surface area contributed by atoms with Gasteiger partial charge in [-0.2, -0.15) is 0 Å². The number of aliphatic hydroxyl groups excluding tert-OH is 1. The Bertz CT molecular complexity index is 2320. The zero-order valence-electron chi connectivity index (χ0n) is 33.4. The molecule has 0 bridgehead atoms. The molecule has 3 amide bonds. The number of piperidine rings is 1. The lowest BCUT2D eigenvalue weighted by atomic mass is 10.0. The number of ether oxygens (including phenoxy) is 3. The van der Waals surface area contributed by atoms with Gasteiger partial charge < -0.3 is 44.5 Å². The Morgan fingerprint density at radius 1 is 1.00 bits per heavy atom. The maximum absolute atomic E-state index is 12.9. The zero-order chi connectivity index (χ0) is 42.6. The number of carbonyl (C=O) groups excluding carboxylic acids is 3. The molecule has 2 heterocycles. The van der Waals surface area contributed by atoms with Crippen molar-refractivity contribution in [2.75, 3.05) is 64.1 Å². The number of para-hydroxylation sites is 1. The number of methoxy groups -OCH3 is 1. The van der Waals surface area contributed by atoms with E-state index in [1.54, 1.807) is 30.1 Å². The highest BCUT2D eigenvalue weighted by Gasteiger charge is 2.24. The molecule has 6 N–H and O–H groups in total. The molecule has 60 heavy (non-hydrogen) atoms. The number of hydrogen-bond acceptors (Lipinski definition) is 12. The topological polar surface area (TPSA) is 195 Å². The number of phenolic OH excluding ortho intramolecular Hbond substituents is 1. The average Bonchev–Trinajstić information content (AvgIpc) is 3.65. The molecule has 1 saturated heterocycles. The Morgan fingerprint density at radius 3 is 2.50 bits per heavy atom. The number of amides is 3. The van der Waals surface area contributed by atoms with Crippen LogP contribution in [0.4, 0.5) is 21.0 Å². The molecule has 5 aromatic rings. The molecule has 0 spiro atoms. The molecule has 0 aliphatic carbocycles. The molecule has 318 valence electrons. The normalized spacial score (nSPS) is 13.7. The number of fused-ring (bicyclic) bond motifs is 1. The van der Waals surface area contributed by atoms with E-state index in [-0.39, 0.29) is 58.6 Å². The number of H-pyrrole nitrogens is 1. The number of carbonyl (C=O) groups is 3. The van der Waals surface area contributed by atoms with Crippen molar-refractivity contribution in [2.45, 2.75) is 44.4 Å². The number of nitrogens with one attached hydrogen (secondary N) is 4. The fraction of sp³-hybridized carbons (Fsp3) is 0.349. The van der Waals surface area contributed by atoms with Gasteiger partial charge in [-0.05, 0) is 43.0 Å². The van der Waals surface area contributed by atoms with Crippen molar-refractivity contribution in [3.05, 3.63) is 105 Å². The molecule has 1 aliphatic heterocycles. The molecule has 6 rings (SSSR count). The van der Waals surface area contributed by atoms with Gasteiger partial charge >= 0.3 is 17.1 Å². The number of aromatic hydroxyl groups is 1. The number of thiazole rings is 1. The summed E-state index contributed by atoms with van der Waals surface area (Å²) in [6, 6.07) is 23.7. The summed E-state index contributed by atoms with van der Waals surface area (Å²) in [4.78, 5) is 56.1. The number of aromatic amines is 1. The molecule has 4 aromatic carbocycles. The molecule has 1 atom stereocenters. The lowest BCUT2D eigenvalue weighted by molar-refractivity contribution is -0.130. The van der Waals surface area contributed by atoms with Crippen LogP contribution in [0.15, 0.2) is 83.7 Å². The lowest BCUT2D eigenvalue weighted by Crippen LogP contribution is -2.40. The van der Waals surface area contributed by atoms with E-state index in [2.05, 4.69) is 25.8 Å². The first kappa shape index (κ1) is 43.9. The second-order valence-corrected chi connectivity index (χ2v) is 15.7. The van der Waals surface area contributed by atoms with Gasteiger partial charge in [0.25, 0.3) is 0 Å². The molecular weight excluding hydrogens is 812 g/mol. The van der Waals surface area contributed by atoms with Crippen molar-refractivity contribution < 1.29 is 38.8 Å². The molecule has 15 nitrogen and oxygen atoms in total. The maximum atomic E-state index is 12.9. The largest absolute Gasteiger partial charge is 0.506 e. The maximum Gasteiger partial charge on any atom is 0.411 e. The highest BCUT2D eigenvalue weighted by molar-refractivity contribution is 7.16. The number of likely N-dealkylation sites (tertiary alicyclic amines) is 1. The van der Waals surface area contributed by atoms with Crippen molar-refractivity contribution in [3.8, 4) is 22.6 Å². The van der Waals surface area contributed by atoms with Crippen LogP contribution < -0.4 is 25.6 Å². The fourth-order valence-corrected chi connectivity index (χ4v) is 8.11. The summed E-state index contributed by atoms with van der Waals surface area (Å²) in [5, 5.41) is 29.8. The van der Waals surface area contributed by atoms with Crippen LogP contribution in [0, 0.1) is 0 Å². The smallest absolute Gasteiger partial charge is 0.411 e. The second-order valence-electron chi connectivity index (χ2n) is 14.3. The zero-order valence-corrected chi connectivity index (χ0v) is 34.9. The number of phenols is 1. The van der Waals surface area contributed by atoms with Crippen LogP contribution in [0.5, 0.6) is 11.5 Å². The van der Waals surface area contributed by atoms with Gasteiger partial charge in [0.1, 0.15) is 23.1 Å². The third-order valence-electron chi connectivity index (χ3n) is 10.2. The summed E-state index contributed by atoms with van der Waals surface area (Å²) in [5.41, 5.74) is 4.35. The molecule has 0 radical (unpaired) electrons. The molecular formula is C43H49ClN6O9S. The predicted molar refractivity (Wildman–Crippen MR) is 232 cm³/mol. The summed E-state index contributed by atoms with van der Waals surface area (Å²) < 4.78 is 17.1. The molecule has 17 heteroatoms. The van der Waals surface area contributed by atoms with Gasteiger partial charge in [0, 0.05) is 75.5 Å². The van der Waals surface area contributed by atoms with Gasteiger partial charge in [-0.3, -0.25) is 20.2 Å². The van der Waals surface area contributed by atoms with E-state index >= 15 is 0 Å². The van der Waals surface area contributed by atoms with E-state index in [0.717, 1.165) is 22.5 Å². The van der Waals surface area contributed by atoms with Gasteiger partial charge in [0.15, 0.2) is 0 Å². The van der Waals surface area contributed by atoms with Crippen LogP contribution in [-0.4, -0.2) is 103 Å². The van der Waals surface area contributed by atoms with Crippen LogP contribution in [0.2, 0.25) is 5.02 Å². The first-order valence-electron chi connectivity index (χ1n) is 19.6. The number of benzene rings is 4. The predicted octanol–water partition coefficient (Wildman–Crippen LogP) is 6.95. The number of anilines is 2. The summed E-state index contributed by atoms with van der Waals surface area (Å²) in [5.74, 6) is 0.349. The minimum atomic E-state index is -0.969. The molecule has 1 aromatic heterocycles. The van der Waals surface area contributed by atoms with Gasteiger partial charge in [-0.25, -0.2) is 9.59 Å². The first-order valence-corrected chi connectivity index (χ1v) is 20.8. The van der Waals surface area contributed by atoms with Crippen molar-refractivity contribution in [1.82, 2.24) is 20.1 Å². The van der Waals surface area contributed by atoms with E-state index in [1.165, 1.54) is 13.2 Å². The van der Waals surface area contributed by atoms with E-state index < -0.39 is 18.3 Å². The van der Waals surface area contributed by atoms with Crippen LogP contribution in [0.25, 0.3) is 21.3 Å². The Hall–Kier alpha value is -5.65. The third kappa shape index (κ3) is 11.8. The average molecular weight is 861 g/mol. The molecule has 1 aliphatic rings. The van der Waals surface area contributed by atoms with Crippen molar-refractivity contribution >= 4 is 62.6 Å². The molecule has 0 saturated carbocycles. The number of hydrogen-bond donors (Lipinski definition) is 6. The lowest BCUT2D eigenvalue weighted by Gasteiger charge is -2.31. The Morgan fingerprint density at radius 2 is 1.73 bits per heavy atom. The summed E-state index contributed by atoms with van der Waals surface area (Å²) in [7, 11) is 3.20. The van der Waals surface area contributed by atoms with Gasteiger partial charge in [-0.1, -0.05) is 77.5 Å². The molecule has 1 fully saturated rings. The highest BCUT2D eigenvalue weighted by Crippen LogP contribution is 2.33. The minimum absolute atomic E-state index is 0.0195. The number of halogens is 1. The van der Waals surface area contributed by atoms with Crippen molar-refractivity contribution in [1.29, 1.82) is 0 Å².